The van der Waals surface area contributed by atoms with E-state index in [1.807, 2.05) is 16.7 Å². The second-order valence-corrected chi connectivity index (χ2v) is 6.01. The van der Waals surface area contributed by atoms with Crippen molar-refractivity contribution in [2.24, 2.45) is 5.92 Å². The Labute approximate surface area is 186 Å². The molecule has 0 radical (unpaired) electrons. The summed E-state index contributed by atoms with van der Waals surface area (Å²) in [7, 11) is 0. The summed E-state index contributed by atoms with van der Waals surface area (Å²) in [4.78, 5) is 0. The van der Waals surface area contributed by atoms with E-state index in [2.05, 4.69) is 68.2 Å². The molecule has 1 aliphatic carbocycles. The maximum absolute atomic E-state index is 3.78. The van der Waals surface area contributed by atoms with Crippen LogP contribution in [0.3, 0.4) is 0 Å². The molecule has 0 aliphatic heterocycles. The predicted octanol–water partition coefficient (Wildman–Crippen LogP) is -1.13. The first-order chi connectivity index (χ1) is 11.1. The van der Waals surface area contributed by atoms with Gasteiger partial charge in [-0.2, -0.15) is 11.1 Å². The van der Waals surface area contributed by atoms with Gasteiger partial charge in [-0.1, -0.05) is 32.8 Å². The standard InChI is InChI=1S/C11H8N3.C9H13.2ClH.Zr/c1-2-4-10-6-11(5-9(10)3-1)14-7-12-13-8-14;1-6-5-7(2)9(4)8(6)3;;;/h1-8H;6H,1-4H3;2*1H;/q2*-1;;;+4/p-2. The summed E-state index contributed by atoms with van der Waals surface area (Å²) >= 11 is 0. The van der Waals surface area contributed by atoms with Gasteiger partial charge in [0, 0.05) is 0 Å². The molecule has 0 amide bonds. The molecular weight excluding hydrogens is 444 g/mol. The molecule has 134 valence electrons. The number of benzene rings is 1. The molecular formula is C20H21Cl2N3Zr. The van der Waals surface area contributed by atoms with E-state index in [1.165, 1.54) is 27.5 Å². The minimum absolute atomic E-state index is 0. The van der Waals surface area contributed by atoms with E-state index in [1.54, 1.807) is 12.7 Å². The van der Waals surface area contributed by atoms with Crippen LogP contribution in [0.2, 0.25) is 0 Å². The van der Waals surface area contributed by atoms with E-state index in [4.69, 9.17) is 0 Å². The Morgan fingerprint density at radius 1 is 1.04 bits per heavy atom. The van der Waals surface area contributed by atoms with Gasteiger partial charge in [0.2, 0.25) is 0 Å². The molecule has 1 atom stereocenters. The SMILES string of the molecule is CC1=[C-]C(C)C(C)=C1C.[Cl-].[Cl-].[Zr+4].c1ccc2[cH-]c(-n3cnnc3)cc2c1. The third kappa shape index (κ3) is 5.45. The first-order valence-corrected chi connectivity index (χ1v) is 7.84. The van der Waals surface area contributed by atoms with Crippen LogP contribution in [-0.4, -0.2) is 14.8 Å². The van der Waals surface area contributed by atoms with Crippen molar-refractivity contribution in [1.29, 1.82) is 0 Å². The molecule has 1 unspecified atom stereocenters. The van der Waals surface area contributed by atoms with Crippen LogP contribution in [0.1, 0.15) is 27.7 Å². The van der Waals surface area contributed by atoms with E-state index < -0.39 is 0 Å². The molecule has 6 heteroatoms. The third-order valence-corrected chi connectivity index (χ3v) is 4.56. The van der Waals surface area contributed by atoms with Crippen molar-refractivity contribution in [3.63, 3.8) is 0 Å². The van der Waals surface area contributed by atoms with Gasteiger partial charge >= 0.3 is 26.2 Å². The summed E-state index contributed by atoms with van der Waals surface area (Å²) in [5.74, 6) is 0.560. The average Bonchev–Trinajstić information content (AvgIpc) is 3.25. The second kappa shape index (κ2) is 10.9. The Balaban J connectivity index is 0.000000466. The van der Waals surface area contributed by atoms with Crippen LogP contribution < -0.4 is 24.8 Å². The number of allylic oxidation sites excluding steroid dienone is 4. The van der Waals surface area contributed by atoms with Crippen LogP contribution >= 0.6 is 0 Å². The van der Waals surface area contributed by atoms with Crippen molar-refractivity contribution in [3.05, 3.63) is 71.8 Å². The van der Waals surface area contributed by atoms with Gasteiger partial charge in [0.05, 0.1) is 0 Å². The van der Waals surface area contributed by atoms with Crippen LogP contribution in [0.5, 0.6) is 0 Å². The Morgan fingerprint density at radius 2 is 1.65 bits per heavy atom. The molecule has 0 N–H and O–H groups in total. The molecule has 0 saturated heterocycles. The van der Waals surface area contributed by atoms with E-state index in [0.717, 1.165) is 5.69 Å². The second-order valence-electron chi connectivity index (χ2n) is 6.01. The van der Waals surface area contributed by atoms with Crippen LogP contribution in [0.4, 0.5) is 0 Å². The zero-order valence-corrected chi connectivity index (χ0v) is 19.3. The van der Waals surface area contributed by atoms with Crippen molar-refractivity contribution in [3.8, 4) is 5.69 Å². The minimum Gasteiger partial charge on any atom is -1.00 e. The predicted molar refractivity (Wildman–Crippen MR) is 94.4 cm³/mol. The Hall–Kier alpha value is -1.09. The Bertz CT molecular complexity index is 846. The largest absolute Gasteiger partial charge is 4.00 e. The fourth-order valence-corrected chi connectivity index (χ4v) is 2.78. The normalized spacial score (nSPS) is 15.2. The third-order valence-electron chi connectivity index (χ3n) is 4.56. The average molecular weight is 466 g/mol. The summed E-state index contributed by atoms with van der Waals surface area (Å²) in [6.07, 6.45) is 6.76. The molecule has 0 spiro atoms. The number of hydrogen-bond acceptors (Lipinski definition) is 2. The Kier molecular flexibility index (Phi) is 10.5. The van der Waals surface area contributed by atoms with Gasteiger partial charge in [0.15, 0.2) is 0 Å². The van der Waals surface area contributed by atoms with E-state index >= 15 is 0 Å². The summed E-state index contributed by atoms with van der Waals surface area (Å²) in [6.45, 7) is 8.67. The maximum atomic E-state index is 3.78. The summed E-state index contributed by atoms with van der Waals surface area (Å²) < 4.78 is 1.90. The summed E-state index contributed by atoms with van der Waals surface area (Å²) in [5, 5.41) is 10.1. The van der Waals surface area contributed by atoms with Gasteiger partial charge in [-0.15, -0.1) is 58.2 Å². The topological polar surface area (TPSA) is 30.7 Å². The van der Waals surface area contributed by atoms with Crippen molar-refractivity contribution in [1.82, 2.24) is 14.8 Å². The zero-order valence-electron chi connectivity index (χ0n) is 15.3. The van der Waals surface area contributed by atoms with E-state index in [9.17, 15) is 0 Å². The zero-order chi connectivity index (χ0) is 16.4. The minimum atomic E-state index is 0. The fraction of sp³-hybridized carbons (Fsp3) is 0.250. The van der Waals surface area contributed by atoms with Crippen LogP contribution in [-0.2, 0) is 26.2 Å². The summed E-state index contributed by atoms with van der Waals surface area (Å²) in [5.41, 5.74) is 5.35. The van der Waals surface area contributed by atoms with Gasteiger partial charge in [-0.25, -0.2) is 5.57 Å². The first kappa shape index (κ1) is 24.9. The molecule has 1 heterocycles. The molecule has 3 nitrogen and oxygen atoms in total. The first-order valence-electron chi connectivity index (χ1n) is 7.84. The van der Waals surface area contributed by atoms with Gasteiger partial charge in [-0.3, -0.25) is 6.08 Å². The molecule has 2 aromatic carbocycles. The number of halogens is 2. The number of aromatic nitrogens is 3. The molecule has 26 heavy (non-hydrogen) atoms. The molecule has 1 aliphatic rings. The monoisotopic (exact) mass is 463 g/mol. The van der Waals surface area contributed by atoms with Gasteiger partial charge in [-0.05, 0) is 5.69 Å². The fourth-order valence-electron chi connectivity index (χ4n) is 2.78. The number of rotatable bonds is 1. The number of hydrogen-bond donors (Lipinski definition) is 0. The Morgan fingerprint density at radius 3 is 2.12 bits per heavy atom. The number of fused-ring (bicyclic) bond motifs is 1. The van der Waals surface area contributed by atoms with E-state index in [0.29, 0.717) is 5.92 Å². The van der Waals surface area contributed by atoms with Gasteiger partial charge in [0.25, 0.3) is 0 Å². The smallest absolute Gasteiger partial charge is 1.00 e. The van der Waals surface area contributed by atoms with Crippen molar-refractivity contribution >= 4 is 10.8 Å². The summed E-state index contributed by atoms with van der Waals surface area (Å²) in [6, 6.07) is 12.5. The molecule has 0 fully saturated rings. The maximum Gasteiger partial charge on any atom is 4.00 e. The molecule has 4 rings (SSSR count). The van der Waals surface area contributed by atoms with Crippen LogP contribution in [0.15, 0.2) is 65.8 Å². The van der Waals surface area contributed by atoms with E-state index in [-0.39, 0.29) is 51.0 Å². The van der Waals surface area contributed by atoms with Gasteiger partial charge < -0.3 is 29.4 Å². The molecule has 1 aromatic heterocycles. The quantitative estimate of drug-likeness (QED) is 0.426. The molecule has 3 aromatic rings. The van der Waals surface area contributed by atoms with Crippen molar-refractivity contribution < 1.29 is 51.0 Å². The molecule has 0 saturated carbocycles. The van der Waals surface area contributed by atoms with Crippen LogP contribution in [0.25, 0.3) is 16.5 Å². The molecule has 0 bridgehead atoms. The number of nitrogens with zero attached hydrogens (tertiary/aromatic N) is 3. The van der Waals surface area contributed by atoms with Crippen molar-refractivity contribution in [2.45, 2.75) is 27.7 Å². The van der Waals surface area contributed by atoms with Gasteiger partial charge in [0.1, 0.15) is 12.7 Å². The van der Waals surface area contributed by atoms with Crippen LogP contribution in [0, 0.1) is 12.0 Å². The van der Waals surface area contributed by atoms with Crippen molar-refractivity contribution in [2.75, 3.05) is 0 Å².